The van der Waals surface area contributed by atoms with E-state index in [0.717, 1.165) is 50.0 Å². The molecule has 2 saturated heterocycles. The van der Waals surface area contributed by atoms with E-state index in [1.54, 1.807) is 0 Å². The average molecular weight is 496 g/mol. The quantitative estimate of drug-likeness (QED) is 0.552. The maximum absolute atomic E-state index is 12.2. The third kappa shape index (κ3) is 4.59. The summed E-state index contributed by atoms with van der Waals surface area (Å²) in [4.78, 5) is 20.7. The summed E-state index contributed by atoms with van der Waals surface area (Å²) in [6, 6.07) is 12.7. The van der Waals surface area contributed by atoms with Crippen LogP contribution in [-0.2, 0) is 50.0 Å². The van der Waals surface area contributed by atoms with Gasteiger partial charge in [0.05, 0.1) is 6.61 Å². The van der Waals surface area contributed by atoms with Crippen molar-refractivity contribution in [1.82, 2.24) is 0 Å². The predicted octanol–water partition coefficient (Wildman–Crippen LogP) is 5.07. The predicted molar refractivity (Wildman–Crippen MR) is 134 cm³/mol. The molecule has 0 N–H and O–H groups in total. The lowest BCUT2D eigenvalue weighted by atomic mass is 9.77. The minimum atomic E-state index is -0.439. The van der Waals surface area contributed by atoms with E-state index < -0.39 is 6.10 Å². The zero-order chi connectivity index (χ0) is 25.5. The minimum absolute atomic E-state index is 0.0721. The molecule has 1 aliphatic carbocycles. The SMILES string of the molecule is CC1OOC1(C)c1ccc2c(c1)CCCO2.CCCC1Cc2cc(C3(C)OOC3C)ccc2CC1[O-]. The van der Waals surface area contributed by atoms with Crippen molar-refractivity contribution in [3.8, 4) is 5.75 Å². The first kappa shape index (κ1) is 25.7. The Hall–Kier alpha value is -1.96. The van der Waals surface area contributed by atoms with Crippen molar-refractivity contribution in [3.05, 3.63) is 64.2 Å². The number of aryl methyl sites for hydroxylation is 1. The maximum atomic E-state index is 12.2. The molecule has 196 valence electrons. The van der Waals surface area contributed by atoms with Gasteiger partial charge < -0.3 is 9.84 Å². The standard InChI is InChI=1S/C17H23O3.C13H16O3/c1-4-5-13-8-14-9-15(17(3)11(2)19-20-17)7-6-12(14)10-16(13)18;1-9-13(2,16-15-9)11-5-6-12-10(8-11)4-3-7-14-12/h6-7,9,11,13,16H,4-5,8,10H2,1-3H3;5-6,8-9H,3-4,7H2,1-2H3/q-1;. The molecule has 0 bridgehead atoms. The van der Waals surface area contributed by atoms with E-state index in [1.165, 1.54) is 22.3 Å². The first-order valence-electron chi connectivity index (χ1n) is 13.5. The summed E-state index contributed by atoms with van der Waals surface area (Å²) < 4.78 is 5.60. The van der Waals surface area contributed by atoms with Crippen LogP contribution in [0.1, 0.15) is 81.7 Å². The van der Waals surface area contributed by atoms with E-state index in [9.17, 15) is 5.11 Å². The molecule has 0 aromatic heterocycles. The summed E-state index contributed by atoms with van der Waals surface area (Å²) >= 11 is 0. The van der Waals surface area contributed by atoms with E-state index in [-0.39, 0.29) is 29.3 Å². The van der Waals surface area contributed by atoms with E-state index >= 15 is 0 Å². The number of rotatable bonds is 4. The Morgan fingerprint density at radius 2 is 1.50 bits per heavy atom. The fourth-order valence-electron chi connectivity index (χ4n) is 5.59. The van der Waals surface area contributed by atoms with Crippen LogP contribution in [0, 0.1) is 5.92 Å². The molecule has 0 amide bonds. The molecule has 2 fully saturated rings. The largest absolute Gasteiger partial charge is 0.852 e. The Kier molecular flexibility index (Phi) is 7.18. The fourth-order valence-corrected chi connectivity index (χ4v) is 5.59. The maximum Gasteiger partial charge on any atom is 0.154 e. The normalized spacial score (nSPS) is 34.6. The molecule has 6 atom stereocenters. The van der Waals surface area contributed by atoms with Crippen molar-refractivity contribution in [3.63, 3.8) is 0 Å². The highest BCUT2D eigenvalue weighted by Gasteiger charge is 2.47. The second kappa shape index (κ2) is 10.1. The van der Waals surface area contributed by atoms with Gasteiger partial charge in [-0.3, -0.25) is 0 Å². The van der Waals surface area contributed by atoms with Crippen molar-refractivity contribution in [1.29, 1.82) is 0 Å². The van der Waals surface area contributed by atoms with Gasteiger partial charge in [-0.2, -0.15) is 0 Å². The first-order valence-corrected chi connectivity index (χ1v) is 13.5. The van der Waals surface area contributed by atoms with Crippen molar-refractivity contribution in [2.75, 3.05) is 6.61 Å². The Balaban J connectivity index is 0.000000152. The van der Waals surface area contributed by atoms with Crippen LogP contribution in [-0.4, -0.2) is 24.9 Å². The Morgan fingerprint density at radius 3 is 2.08 bits per heavy atom. The molecular weight excluding hydrogens is 456 g/mol. The van der Waals surface area contributed by atoms with Gasteiger partial charge in [0, 0.05) is 0 Å². The van der Waals surface area contributed by atoms with Crippen LogP contribution in [0.3, 0.4) is 0 Å². The third-order valence-corrected chi connectivity index (χ3v) is 8.63. The third-order valence-electron chi connectivity index (χ3n) is 8.63. The summed E-state index contributed by atoms with van der Waals surface area (Å²) in [6.45, 7) is 11.2. The molecule has 3 aliphatic heterocycles. The first-order chi connectivity index (χ1) is 17.2. The Bertz CT molecular complexity index is 1090. The zero-order valence-electron chi connectivity index (χ0n) is 22.2. The molecule has 2 aromatic rings. The topological polar surface area (TPSA) is 69.2 Å². The van der Waals surface area contributed by atoms with Gasteiger partial charge in [-0.25, -0.2) is 19.6 Å². The van der Waals surface area contributed by atoms with Crippen LogP contribution < -0.4 is 9.84 Å². The van der Waals surface area contributed by atoms with Crippen LogP contribution in [0.25, 0.3) is 0 Å². The summed E-state index contributed by atoms with van der Waals surface area (Å²) in [5.74, 6) is 1.30. The highest BCUT2D eigenvalue weighted by molar-refractivity contribution is 5.41. The molecule has 4 aliphatic rings. The average Bonchev–Trinajstić information content (AvgIpc) is 2.90. The van der Waals surface area contributed by atoms with E-state index in [1.807, 2.05) is 19.9 Å². The van der Waals surface area contributed by atoms with Gasteiger partial charge >= 0.3 is 0 Å². The number of hydrogen-bond donors (Lipinski definition) is 0. The zero-order valence-corrected chi connectivity index (χ0v) is 22.2. The summed E-state index contributed by atoms with van der Waals surface area (Å²) in [5, 5.41) is 12.2. The van der Waals surface area contributed by atoms with Crippen LogP contribution >= 0.6 is 0 Å². The molecule has 0 saturated carbocycles. The summed E-state index contributed by atoms with van der Waals surface area (Å²) in [5.41, 5.74) is 5.53. The molecule has 6 nitrogen and oxygen atoms in total. The van der Waals surface area contributed by atoms with Crippen LogP contribution in [0.5, 0.6) is 5.75 Å². The second-order valence-electron chi connectivity index (χ2n) is 11.1. The molecule has 3 heterocycles. The number of ether oxygens (including phenoxy) is 1. The smallest absolute Gasteiger partial charge is 0.154 e. The molecule has 0 spiro atoms. The number of fused-ring (bicyclic) bond motifs is 2. The Labute approximate surface area is 214 Å². The highest BCUT2D eigenvalue weighted by atomic mass is 17.3. The van der Waals surface area contributed by atoms with E-state index in [2.05, 4.69) is 51.1 Å². The molecule has 0 radical (unpaired) electrons. The molecule has 2 aromatic carbocycles. The Morgan fingerprint density at radius 1 is 0.861 bits per heavy atom. The lowest BCUT2D eigenvalue weighted by Crippen LogP contribution is -2.49. The molecule has 6 heteroatoms. The minimum Gasteiger partial charge on any atom is -0.852 e. The van der Waals surface area contributed by atoms with Gasteiger partial charge in [0.1, 0.15) is 18.0 Å². The van der Waals surface area contributed by atoms with Gasteiger partial charge in [0.2, 0.25) is 0 Å². The van der Waals surface area contributed by atoms with Crippen molar-refractivity contribution in [2.24, 2.45) is 5.92 Å². The van der Waals surface area contributed by atoms with Gasteiger partial charge in [0.15, 0.2) is 11.2 Å². The summed E-state index contributed by atoms with van der Waals surface area (Å²) in [6.07, 6.45) is 5.63. The van der Waals surface area contributed by atoms with E-state index in [0.29, 0.717) is 6.42 Å². The van der Waals surface area contributed by atoms with Crippen LogP contribution in [0.15, 0.2) is 36.4 Å². The fraction of sp³-hybridized carbons (Fsp3) is 0.600. The van der Waals surface area contributed by atoms with E-state index in [4.69, 9.17) is 24.3 Å². The number of benzene rings is 2. The van der Waals surface area contributed by atoms with Crippen molar-refractivity contribution >= 4 is 0 Å². The van der Waals surface area contributed by atoms with Crippen molar-refractivity contribution < 1.29 is 29.4 Å². The van der Waals surface area contributed by atoms with Crippen LogP contribution in [0.4, 0.5) is 0 Å². The van der Waals surface area contributed by atoms with Crippen LogP contribution in [0.2, 0.25) is 0 Å². The second-order valence-corrected chi connectivity index (χ2v) is 11.1. The van der Waals surface area contributed by atoms with Gasteiger partial charge in [-0.1, -0.05) is 44.0 Å². The summed E-state index contributed by atoms with van der Waals surface area (Å²) in [7, 11) is 0. The molecular formula is C30H39O6-. The highest BCUT2D eigenvalue weighted by Crippen LogP contribution is 2.42. The molecule has 36 heavy (non-hydrogen) atoms. The van der Waals surface area contributed by atoms with Gasteiger partial charge in [0.25, 0.3) is 0 Å². The van der Waals surface area contributed by atoms with Gasteiger partial charge in [-0.15, -0.1) is 6.10 Å². The molecule has 6 rings (SSSR count). The lowest BCUT2D eigenvalue weighted by molar-refractivity contribution is -0.509. The monoisotopic (exact) mass is 495 g/mol. The number of hydrogen-bond acceptors (Lipinski definition) is 6. The van der Waals surface area contributed by atoms with Crippen molar-refractivity contribution in [2.45, 2.75) is 103 Å². The van der Waals surface area contributed by atoms with Gasteiger partial charge in [-0.05, 0) is 99.2 Å². The lowest BCUT2D eigenvalue weighted by Gasteiger charge is -2.44. The molecule has 6 unspecified atom stereocenters.